The highest BCUT2D eigenvalue weighted by Crippen LogP contribution is 2.34. The number of carbonyl (C=O) groups excluding carboxylic acids is 1. The fourth-order valence-corrected chi connectivity index (χ4v) is 5.41. The maximum atomic E-state index is 13.7. The average molecular weight is 478 g/mol. The molecule has 33 heavy (non-hydrogen) atoms. The van der Waals surface area contributed by atoms with Crippen LogP contribution in [0.1, 0.15) is 31.0 Å². The SMILES string of the molecule is CCOC(=O)C1=C(C)N=c2sc(=Cc3c[nH]c4ccccc34)c(=O)n2[C@H]1c1ccccc1Cl. The minimum absolute atomic E-state index is 0.218. The predicted molar refractivity (Wildman–Crippen MR) is 130 cm³/mol. The number of nitrogens with zero attached hydrogens (tertiary/aromatic N) is 2. The molecule has 0 bridgehead atoms. The van der Waals surface area contributed by atoms with E-state index in [0.29, 0.717) is 31.2 Å². The van der Waals surface area contributed by atoms with Crippen LogP contribution in [0.3, 0.4) is 0 Å². The van der Waals surface area contributed by atoms with Gasteiger partial charge in [-0.1, -0.05) is 59.3 Å². The van der Waals surface area contributed by atoms with Gasteiger partial charge in [0.15, 0.2) is 4.80 Å². The van der Waals surface area contributed by atoms with Crippen LogP contribution in [0.15, 0.2) is 75.8 Å². The first-order valence-corrected chi connectivity index (χ1v) is 11.7. The molecule has 2 aromatic heterocycles. The van der Waals surface area contributed by atoms with Gasteiger partial charge in [-0.15, -0.1) is 0 Å². The van der Waals surface area contributed by atoms with E-state index >= 15 is 0 Å². The molecule has 0 saturated carbocycles. The summed E-state index contributed by atoms with van der Waals surface area (Å²) in [7, 11) is 0. The number of rotatable bonds is 4. The lowest BCUT2D eigenvalue weighted by Crippen LogP contribution is -2.40. The fourth-order valence-electron chi connectivity index (χ4n) is 4.14. The highest BCUT2D eigenvalue weighted by molar-refractivity contribution is 7.07. The largest absolute Gasteiger partial charge is 0.463 e. The zero-order chi connectivity index (χ0) is 23.1. The second-order valence-corrected chi connectivity index (χ2v) is 9.03. The van der Waals surface area contributed by atoms with Crippen molar-refractivity contribution in [3.63, 3.8) is 0 Å². The van der Waals surface area contributed by atoms with Gasteiger partial charge in [-0.3, -0.25) is 9.36 Å². The van der Waals surface area contributed by atoms with Crippen molar-refractivity contribution in [2.45, 2.75) is 19.9 Å². The molecule has 0 aliphatic carbocycles. The number of allylic oxidation sites excluding steroid dienone is 1. The van der Waals surface area contributed by atoms with Crippen LogP contribution in [0.2, 0.25) is 5.02 Å². The standard InChI is InChI=1S/C25H20ClN3O3S/c1-3-32-24(31)21-14(2)28-25-29(22(21)17-9-4-6-10-18(17)26)23(30)20(33-25)12-15-13-27-19-11-7-5-8-16(15)19/h4-13,22,27H,3H2,1-2H3/t22-/m0/s1. The number of aromatic amines is 1. The summed E-state index contributed by atoms with van der Waals surface area (Å²) >= 11 is 7.82. The molecule has 0 spiro atoms. The van der Waals surface area contributed by atoms with Gasteiger partial charge in [0.2, 0.25) is 0 Å². The first-order chi connectivity index (χ1) is 16.0. The maximum Gasteiger partial charge on any atom is 0.338 e. The molecule has 0 saturated heterocycles. The molecule has 1 aliphatic rings. The number of para-hydroxylation sites is 1. The van der Waals surface area contributed by atoms with Crippen LogP contribution in [0.5, 0.6) is 0 Å². The van der Waals surface area contributed by atoms with E-state index < -0.39 is 12.0 Å². The summed E-state index contributed by atoms with van der Waals surface area (Å²) in [6.07, 6.45) is 3.74. The van der Waals surface area contributed by atoms with Gasteiger partial charge in [0, 0.05) is 27.7 Å². The molecular weight excluding hydrogens is 458 g/mol. The molecule has 0 amide bonds. The molecule has 1 atom stereocenters. The molecular formula is C25H20ClN3O3S. The summed E-state index contributed by atoms with van der Waals surface area (Å²) in [6, 6.07) is 14.4. The van der Waals surface area contributed by atoms with Crippen LogP contribution in [0.4, 0.5) is 0 Å². The number of nitrogens with one attached hydrogen (secondary N) is 1. The van der Waals surface area contributed by atoms with Gasteiger partial charge in [-0.2, -0.15) is 0 Å². The summed E-state index contributed by atoms with van der Waals surface area (Å²) in [5, 5.41) is 1.49. The number of aromatic nitrogens is 2. The Balaban J connectivity index is 1.76. The molecule has 0 unspecified atom stereocenters. The summed E-state index contributed by atoms with van der Waals surface area (Å²) in [4.78, 5) is 34.9. The summed E-state index contributed by atoms with van der Waals surface area (Å²) in [5.41, 5.74) is 3.14. The van der Waals surface area contributed by atoms with Crippen molar-refractivity contribution in [2.75, 3.05) is 6.61 Å². The lowest BCUT2D eigenvalue weighted by atomic mass is 9.96. The lowest BCUT2D eigenvalue weighted by molar-refractivity contribution is -0.139. The molecule has 5 rings (SSSR count). The van der Waals surface area contributed by atoms with Crippen LogP contribution >= 0.6 is 22.9 Å². The van der Waals surface area contributed by atoms with E-state index in [-0.39, 0.29) is 12.2 Å². The molecule has 0 radical (unpaired) electrons. The minimum Gasteiger partial charge on any atom is -0.463 e. The molecule has 6 nitrogen and oxygen atoms in total. The molecule has 1 aliphatic heterocycles. The quantitative estimate of drug-likeness (QED) is 0.452. The van der Waals surface area contributed by atoms with Crippen LogP contribution in [0, 0.1) is 0 Å². The second kappa shape index (κ2) is 8.50. The Labute approximate surface area is 198 Å². The number of fused-ring (bicyclic) bond motifs is 2. The summed E-state index contributed by atoms with van der Waals surface area (Å²) in [5.74, 6) is -0.505. The average Bonchev–Trinajstić information content (AvgIpc) is 3.34. The third-order valence-corrected chi connectivity index (χ3v) is 6.95. The molecule has 3 heterocycles. The Morgan fingerprint density at radius 1 is 1.24 bits per heavy atom. The third-order valence-electron chi connectivity index (χ3n) is 5.62. The van der Waals surface area contributed by atoms with Crippen LogP contribution < -0.4 is 14.9 Å². The minimum atomic E-state index is -0.723. The van der Waals surface area contributed by atoms with Gasteiger partial charge in [-0.25, -0.2) is 9.79 Å². The van der Waals surface area contributed by atoms with Gasteiger partial charge >= 0.3 is 5.97 Å². The first kappa shape index (κ1) is 21.4. The normalized spacial score (nSPS) is 16.1. The Kier molecular flexibility index (Phi) is 5.52. The van der Waals surface area contributed by atoms with Crippen LogP contribution in [-0.2, 0) is 9.53 Å². The number of thiazole rings is 1. The predicted octanol–water partition coefficient (Wildman–Crippen LogP) is 3.93. The van der Waals surface area contributed by atoms with Gasteiger partial charge in [0.05, 0.1) is 22.4 Å². The summed E-state index contributed by atoms with van der Waals surface area (Å²) in [6.45, 7) is 3.72. The number of hydrogen-bond acceptors (Lipinski definition) is 5. The van der Waals surface area contributed by atoms with Crippen molar-refractivity contribution in [2.24, 2.45) is 4.99 Å². The van der Waals surface area contributed by atoms with Gasteiger partial charge in [0.1, 0.15) is 6.04 Å². The van der Waals surface area contributed by atoms with E-state index in [1.54, 1.807) is 24.5 Å². The Morgan fingerprint density at radius 3 is 2.79 bits per heavy atom. The van der Waals surface area contributed by atoms with E-state index in [1.165, 1.54) is 11.3 Å². The monoisotopic (exact) mass is 477 g/mol. The molecule has 1 N–H and O–H groups in total. The smallest absolute Gasteiger partial charge is 0.338 e. The van der Waals surface area contributed by atoms with Crippen LogP contribution in [0.25, 0.3) is 17.0 Å². The lowest BCUT2D eigenvalue weighted by Gasteiger charge is -2.25. The van der Waals surface area contributed by atoms with E-state index in [1.807, 2.05) is 54.7 Å². The highest BCUT2D eigenvalue weighted by atomic mass is 35.5. The zero-order valence-corrected chi connectivity index (χ0v) is 19.5. The van der Waals surface area contributed by atoms with Crippen LogP contribution in [-0.4, -0.2) is 22.1 Å². The van der Waals surface area contributed by atoms with Crippen molar-refractivity contribution >= 4 is 45.9 Å². The highest BCUT2D eigenvalue weighted by Gasteiger charge is 2.34. The third kappa shape index (κ3) is 3.63. The molecule has 2 aromatic carbocycles. The first-order valence-electron chi connectivity index (χ1n) is 10.5. The van der Waals surface area contributed by atoms with Gasteiger partial charge < -0.3 is 9.72 Å². The Morgan fingerprint density at radius 2 is 2.00 bits per heavy atom. The van der Waals surface area contributed by atoms with Gasteiger partial charge in [0.25, 0.3) is 5.56 Å². The Bertz CT molecular complexity index is 1610. The fraction of sp³-hybridized carbons (Fsp3) is 0.160. The van der Waals surface area contributed by atoms with Crippen molar-refractivity contribution in [1.29, 1.82) is 0 Å². The second-order valence-electron chi connectivity index (χ2n) is 7.61. The van der Waals surface area contributed by atoms with Crippen molar-refractivity contribution < 1.29 is 9.53 Å². The number of hydrogen-bond donors (Lipinski definition) is 1. The zero-order valence-electron chi connectivity index (χ0n) is 18.0. The molecule has 4 aromatic rings. The Hall–Kier alpha value is -3.42. The summed E-state index contributed by atoms with van der Waals surface area (Å²) < 4.78 is 7.38. The number of H-pyrrole nitrogens is 1. The molecule has 0 fully saturated rings. The molecule has 8 heteroatoms. The van der Waals surface area contributed by atoms with E-state index in [4.69, 9.17) is 16.3 Å². The van der Waals surface area contributed by atoms with E-state index in [9.17, 15) is 9.59 Å². The van der Waals surface area contributed by atoms with E-state index in [2.05, 4.69) is 9.98 Å². The van der Waals surface area contributed by atoms with E-state index in [0.717, 1.165) is 16.5 Å². The number of ether oxygens (including phenoxy) is 1. The molecule has 166 valence electrons. The van der Waals surface area contributed by atoms with Gasteiger partial charge in [-0.05, 0) is 37.6 Å². The maximum absolute atomic E-state index is 13.7. The number of esters is 1. The van der Waals surface area contributed by atoms with Crippen molar-refractivity contribution in [3.8, 4) is 0 Å². The van der Waals surface area contributed by atoms with Crippen molar-refractivity contribution in [3.05, 3.63) is 102 Å². The number of halogens is 1. The number of benzene rings is 2. The number of carbonyl (C=O) groups is 1. The van der Waals surface area contributed by atoms with Crippen molar-refractivity contribution in [1.82, 2.24) is 9.55 Å². The topological polar surface area (TPSA) is 76.4 Å².